The third-order valence-electron chi connectivity index (χ3n) is 5.08. The zero-order valence-corrected chi connectivity index (χ0v) is 15.9. The lowest BCUT2D eigenvalue weighted by atomic mass is 9.91. The van der Waals surface area contributed by atoms with E-state index in [-0.39, 0.29) is 0 Å². The van der Waals surface area contributed by atoms with E-state index in [1.807, 2.05) is 17.9 Å². The van der Waals surface area contributed by atoms with E-state index < -0.39 is 0 Å². The number of benzene rings is 2. The number of likely N-dealkylation sites (N-methyl/N-ethyl adjacent to an activating group) is 1. The summed E-state index contributed by atoms with van der Waals surface area (Å²) in [7, 11) is 4.27. The number of hydrogen-bond donors (Lipinski definition) is 0. The fourth-order valence-electron chi connectivity index (χ4n) is 3.54. The van der Waals surface area contributed by atoms with E-state index in [2.05, 4.69) is 83.8 Å². The minimum atomic E-state index is 0.409. The number of rotatable bonds is 9. The lowest BCUT2D eigenvalue weighted by Gasteiger charge is -2.21. The van der Waals surface area contributed by atoms with E-state index in [1.165, 1.54) is 23.2 Å². The van der Waals surface area contributed by atoms with Gasteiger partial charge >= 0.3 is 0 Å². The molecule has 1 atom stereocenters. The van der Waals surface area contributed by atoms with E-state index in [4.69, 9.17) is 0 Å². The van der Waals surface area contributed by atoms with Crippen molar-refractivity contribution in [3.05, 3.63) is 89.7 Å². The maximum Gasteiger partial charge on any atom is 0.0492 e. The number of aromatic nitrogens is 2. The Balaban J connectivity index is 1.54. The van der Waals surface area contributed by atoms with Gasteiger partial charge in [0.1, 0.15) is 0 Å². The third-order valence-corrected chi connectivity index (χ3v) is 5.08. The van der Waals surface area contributed by atoms with E-state index in [0.29, 0.717) is 5.92 Å². The van der Waals surface area contributed by atoms with E-state index in [0.717, 1.165) is 25.9 Å². The Morgan fingerprint density at radius 2 is 1.62 bits per heavy atom. The first-order valence-corrected chi connectivity index (χ1v) is 9.49. The normalized spacial score (nSPS) is 12.4. The van der Waals surface area contributed by atoms with Crippen LogP contribution in [0.3, 0.4) is 0 Å². The molecule has 26 heavy (non-hydrogen) atoms. The fourth-order valence-corrected chi connectivity index (χ4v) is 3.54. The Morgan fingerprint density at radius 3 is 2.27 bits per heavy atom. The Bertz CT molecular complexity index is 764. The summed E-state index contributed by atoms with van der Waals surface area (Å²) in [5.41, 5.74) is 4.09. The quantitative estimate of drug-likeness (QED) is 0.568. The smallest absolute Gasteiger partial charge is 0.0492 e. The predicted octanol–water partition coefficient (Wildman–Crippen LogP) is 4.51. The summed E-state index contributed by atoms with van der Waals surface area (Å²) in [6, 6.07) is 23.7. The summed E-state index contributed by atoms with van der Waals surface area (Å²) in [5, 5.41) is 4.38. The molecule has 0 radical (unpaired) electrons. The molecule has 0 aliphatic carbocycles. The van der Waals surface area contributed by atoms with Crippen molar-refractivity contribution >= 4 is 0 Å². The van der Waals surface area contributed by atoms with Gasteiger partial charge in [-0.3, -0.25) is 4.68 Å². The molecule has 1 heterocycles. The van der Waals surface area contributed by atoms with Crippen molar-refractivity contribution in [2.45, 2.75) is 25.2 Å². The van der Waals surface area contributed by atoms with Crippen molar-refractivity contribution in [2.24, 2.45) is 7.05 Å². The van der Waals surface area contributed by atoms with Crippen LogP contribution < -0.4 is 0 Å². The molecule has 0 saturated carbocycles. The molecule has 2 aromatic carbocycles. The van der Waals surface area contributed by atoms with Crippen LogP contribution in [0.25, 0.3) is 0 Å². The van der Waals surface area contributed by atoms with E-state index in [1.54, 1.807) is 0 Å². The molecule has 1 aromatic heterocycles. The van der Waals surface area contributed by atoms with Gasteiger partial charge in [-0.1, -0.05) is 60.7 Å². The van der Waals surface area contributed by atoms with Crippen molar-refractivity contribution < 1.29 is 0 Å². The molecule has 136 valence electrons. The molecule has 3 rings (SSSR count). The molecule has 0 spiro atoms. The van der Waals surface area contributed by atoms with Crippen LogP contribution in [0, 0.1) is 0 Å². The maximum absolute atomic E-state index is 4.38. The average Bonchev–Trinajstić information content (AvgIpc) is 3.11. The second-order valence-electron chi connectivity index (χ2n) is 7.02. The zero-order valence-electron chi connectivity index (χ0n) is 15.9. The summed E-state index contributed by atoms with van der Waals surface area (Å²) in [5.74, 6) is 0.409. The van der Waals surface area contributed by atoms with Crippen LogP contribution in [0.1, 0.15) is 35.6 Å². The highest BCUT2D eigenvalue weighted by Gasteiger charge is 2.17. The topological polar surface area (TPSA) is 21.1 Å². The van der Waals surface area contributed by atoms with Gasteiger partial charge < -0.3 is 4.90 Å². The first-order chi connectivity index (χ1) is 12.7. The van der Waals surface area contributed by atoms with Crippen LogP contribution >= 0.6 is 0 Å². The van der Waals surface area contributed by atoms with Gasteiger partial charge in [-0.25, -0.2) is 0 Å². The highest BCUT2D eigenvalue weighted by molar-refractivity contribution is 5.28. The first kappa shape index (κ1) is 18.4. The van der Waals surface area contributed by atoms with Gasteiger partial charge in [0, 0.05) is 31.4 Å². The SMILES string of the molecule is CN(CCCC(c1ccccc1)c1ccnn1C)CCc1ccccc1. The Hall–Kier alpha value is -2.39. The Labute approximate surface area is 157 Å². The van der Waals surface area contributed by atoms with Gasteiger partial charge in [-0.15, -0.1) is 0 Å². The van der Waals surface area contributed by atoms with Gasteiger partial charge in [0.15, 0.2) is 0 Å². The van der Waals surface area contributed by atoms with Crippen LogP contribution in [0.15, 0.2) is 72.9 Å². The van der Waals surface area contributed by atoms with Crippen molar-refractivity contribution in [3.8, 4) is 0 Å². The molecule has 3 nitrogen and oxygen atoms in total. The molecule has 0 bridgehead atoms. The summed E-state index contributed by atoms with van der Waals surface area (Å²) in [6.45, 7) is 2.22. The molecule has 1 unspecified atom stereocenters. The largest absolute Gasteiger partial charge is 0.306 e. The van der Waals surface area contributed by atoms with Gasteiger partial charge in [0.05, 0.1) is 0 Å². The van der Waals surface area contributed by atoms with Crippen LogP contribution in [-0.4, -0.2) is 34.8 Å². The maximum atomic E-state index is 4.38. The summed E-state index contributed by atoms with van der Waals surface area (Å²) in [6.07, 6.45) is 5.33. The molecular formula is C23H29N3. The van der Waals surface area contributed by atoms with Gasteiger partial charge in [-0.2, -0.15) is 5.10 Å². The molecule has 0 aliphatic heterocycles. The second kappa shape index (κ2) is 9.35. The van der Waals surface area contributed by atoms with Crippen LogP contribution in [-0.2, 0) is 13.5 Å². The molecule has 3 heteroatoms. The molecule has 3 aromatic rings. The molecule has 0 saturated heterocycles. The fraction of sp³-hybridized carbons (Fsp3) is 0.348. The van der Waals surface area contributed by atoms with Crippen LogP contribution in [0.5, 0.6) is 0 Å². The number of hydrogen-bond acceptors (Lipinski definition) is 2. The number of nitrogens with zero attached hydrogens (tertiary/aromatic N) is 3. The monoisotopic (exact) mass is 347 g/mol. The Kier molecular flexibility index (Phi) is 6.62. The third kappa shape index (κ3) is 5.06. The Morgan fingerprint density at radius 1 is 0.923 bits per heavy atom. The lowest BCUT2D eigenvalue weighted by molar-refractivity contribution is 0.326. The molecule has 0 aliphatic rings. The summed E-state index contributed by atoms with van der Waals surface area (Å²) < 4.78 is 2.01. The summed E-state index contributed by atoms with van der Waals surface area (Å²) in [4.78, 5) is 2.44. The standard InChI is InChI=1S/C23H29N3/c1-25(19-16-20-10-5-3-6-11-20)18-9-14-22(21-12-7-4-8-13-21)23-15-17-24-26(23)2/h3-8,10-13,15,17,22H,9,14,16,18-19H2,1-2H3. The average molecular weight is 348 g/mol. The molecular weight excluding hydrogens is 318 g/mol. The highest BCUT2D eigenvalue weighted by Crippen LogP contribution is 2.28. The van der Waals surface area contributed by atoms with E-state index in [9.17, 15) is 0 Å². The molecule has 0 N–H and O–H groups in total. The molecule has 0 fully saturated rings. The lowest BCUT2D eigenvalue weighted by Crippen LogP contribution is -2.23. The minimum Gasteiger partial charge on any atom is -0.306 e. The van der Waals surface area contributed by atoms with E-state index >= 15 is 0 Å². The second-order valence-corrected chi connectivity index (χ2v) is 7.02. The summed E-state index contributed by atoms with van der Waals surface area (Å²) >= 11 is 0. The number of aryl methyl sites for hydroxylation is 1. The highest BCUT2D eigenvalue weighted by atomic mass is 15.3. The van der Waals surface area contributed by atoms with Crippen LogP contribution in [0.2, 0.25) is 0 Å². The van der Waals surface area contributed by atoms with Crippen molar-refractivity contribution in [1.29, 1.82) is 0 Å². The van der Waals surface area contributed by atoms with Crippen LogP contribution in [0.4, 0.5) is 0 Å². The molecule has 0 amide bonds. The van der Waals surface area contributed by atoms with Gasteiger partial charge in [-0.05, 0) is 50.0 Å². The zero-order chi connectivity index (χ0) is 18.2. The predicted molar refractivity (Wildman–Crippen MR) is 108 cm³/mol. The van der Waals surface area contributed by atoms with Crippen molar-refractivity contribution in [3.63, 3.8) is 0 Å². The van der Waals surface area contributed by atoms with Crippen molar-refractivity contribution in [2.75, 3.05) is 20.1 Å². The minimum absolute atomic E-state index is 0.409. The first-order valence-electron chi connectivity index (χ1n) is 9.49. The van der Waals surface area contributed by atoms with Gasteiger partial charge in [0.2, 0.25) is 0 Å². The van der Waals surface area contributed by atoms with Crippen molar-refractivity contribution in [1.82, 2.24) is 14.7 Å². The van der Waals surface area contributed by atoms with Gasteiger partial charge in [0.25, 0.3) is 0 Å².